The molecule has 0 bridgehead atoms. The van der Waals surface area contributed by atoms with E-state index in [2.05, 4.69) is 10.0 Å². The Balaban J connectivity index is 2.32. The van der Waals surface area contributed by atoms with Gasteiger partial charge in [0, 0.05) is 18.2 Å². The summed E-state index contributed by atoms with van der Waals surface area (Å²) in [5, 5.41) is 2.97. The molecule has 1 aliphatic carbocycles. The molecule has 1 aromatic carbocycles. The molecule has 4 N–H and O–H groups in total. The molecule has 1 aliphatic rings. The van der Waals surface area contributed by atoms with Crippen LogP contribution in [0, 0.1) is 0 Å². The molecule has 8 heteroatoms. The van der Waals surface area contributed by atoms with Crippen molar-refractivity contribution in [1.82, 2.24) is 10.0 Å². The van der Waals surface area contributed by atoms with Crippen molar-refractivity contribution in [3.63, 3.8) is 0 Å². The van der Waals surface area contributed by atoms with Crippen molar-refractivity contribution in [2.24, 2.45) is 5.73 Å². The third-order valence-electron chi connectivity index (χ3n) is 5.52. The highest BCUT2D eigenvalue weighted by Gasteiger charge is 2.29. The first-order valence-corrected chi connectivity index (χ1v) is 11.0. The minimum Gasteiger partial charge on any atom is -0.495 e. The third kappa shape index (κ3) is 5.00. The van der Waals surface area contributed by atoms with E-state index in [0.29, 0.717) is 19.4 Å². The van der Waals surface area contributed by atoms with Gasteiger partial charge in [0.1, 0.15) is 10.6 Å². The van der Waals surface area contributed by atoms with Crippen LogP contribution in [0.1, 0.15) is 62.7 Å². The highest BCUT2D eigenvalue weighted by molar-refractivity contribution is 7.89. The first-order valence-electron chi connectivity index (χ1n) is 9.53. The van der Waals surface area contributed by atoms with Crippen LogP contribution in [0.2, 0.25) is 0 Å². The minimum atomic E-state index is -3.78. The van der Waals surface area contributed by atoms with Gasteiger partial charge in [-0.15, -0.1) is 0 Å². The second-order valence-corrected chi connectivity index (χ2v) is 8.80. The maximum atomic E-state index is 12.9. The zero-order valence-corrected chi connectivity index (χ0v) is 17.2. The molecular formula is C19H31N3O4S. The van der Waals surface area contributed by atoms with Gasteiger partial charge in [0.2, 0.25) is 10.0 Å². The highest BCUT2D eigenvalue weighted by atomic mass is 32.2. The predicted octanol–water partition coefficient (Wildman–Crippen LogP) is 2.16. The van der Waals surface area contributed by atoms with E-state index in [4.69, 9.17) is 10.5 Å². The van der Waals surface area contributed by atoms with Crippen LogP contribution in [0.5, 0.6) is 5.75 Å². The van der Waals surface area contributed by atoms with Gasteiger partial charge < -0.3 is 15.8 Å². The van der Waals surface area contributed by atoms with Crippen LogP contribution < -0.4 is 20.5 Å². The van der Waals surface area contributed by atoms with Gasteiger partial charge in [-0.3, -0.25) is 4.79 Å². The van der Waals surface area contributed by atoms with Gasteiger partial charge in [0.25, 0.3) is 5.91 Å². The Kier molecular flexibility index (Phi) is 7.25. The minimum absolute atomic E-state index is 0.0177. The van der Waals surface area contributed by atoms with E-state index in [1.54, 1.807) is 6.07 Å². The molecule has 7 nitrogen and oxygen atoms in total. The maximum Gasteiger partial charge on any atom is 0.251 e. The molecule has 0 heterocycles. The van der Waals surface area contributed by atoms with Gasteiger partial charge in [-0.25, -0.2) is 13.1 Å². The van der Waals surface area contributed by atoms with Gasteiger partial charge >= 0.3 is 0 Å². The predicted molar refractivity (Wildman–Crippen MR) is 105 cm³/mol. The molecule has 1 amide bonds. The van der Waals surface area contributed by atoms with E-state index in [0.717, 1.165) is 25.7 Å². The molecule has 0 aliphatic heterocycles. The quantitative estimate of drug-likeness (QED) is 0.591. The number of hydrogen-bond acceptors (Lipinski definition) is 5. The van der Waals surface area contributed by atoms with Crippen LogP contribution in [0.4, 0.5) is 0 Å². The normalized spacial score (nSPS) is 15.7. The molecule has 2 rings (SSSR count). The standard InChI is InChI=1S/C19H31N3O4S/c1-4-19(5-2,13-20)21-18(23)14-10-11-16(26-3)17(12-14)27(24,25)22-15-8-6-7-9-15/h10-12,15,22H,4-9,13,20H2,1-3H3,(H,21,23). The second kappa shape index (κ2) is 9.03. The molecule has 0 spiro atoms. The molecular weight excluding hydrogens is 366 g/mol. The molecule has 0 atom stereocenters. The molecule has 1 saturated carbocycles. The van der Waals surface area contributed by atoms with Crippen LogP contribution in [-0.2, 0) is 10.0 Å². The number of sulfonamides is 1. The summed E-state index contributed by atoms with van der Waals surface area (Å²) in [5.41, 5.74) is 5.61. The lowest BCUT2D eigenvalue weighted by Gasteiger charge is -2.31. The monoisotopic (exact) mass is 397 g/mol. The fourth-order valence-corrected chi connectivity index (χ4v) is 4.93. The Hall–Kier alpha value is -1.64. The van der Waals surface area contributed by atoms with Gasteiger partial charge in [0.15, 0.2) is 0 Å². The summed E-state index contributed by atoms with van der Waals surface area (Å²) in [7, 11) is -2.37. The topological polar surface area (TPSA) is 111 Å². The molecule has 0 saturated heterocycles. The van der Waals surface area contributed by atoms with Crippen LogP contribution in [0.15, 0.2) is 23.1 Å². The summed E-state index contributed by atoms with van der Waals surface area (Å²) in [5.74, 6) is -0.128. The lowest BCUT2D eigenvalue weighted by atomic mass is 9.92. The maximum absolute atomic E-state index is 12.9. The summed E-state index contributed by atoms with van der Waals surface area (Å²) in [6.45, 7) is 4.24. The average molecular weight is 398 g/mol. The molecule has 1 fully saturated rings. The zero-order chi connectivity index (χ0) is 20.1. The number of benzene rings is 1. The van der Waals surface area contributed by atoms with Crippen molar-refractivity contribution < 1.29 is 17.9 Å². The van der Waals surface area contributed by atoms with Gasteiger partial charge in [-0.05, 0) is 43.9 Å². The van der Waals surface area contributed by atoms with Gasteiger partial charge in [-0.2, -0.15) is 0 Å². The number of carbonyl (C=O) groups excluding carboxylic acids is 1. The third-order valence-corrected chi connectivity index (χ3v) is 7.06. The number of hydrogen-bond donors (Lipinski definition) is 3. The Morgan fingerprint density at radius 1 is 1.26 bits per heavy atom. The average Bonchev–Trinajstić information content (AvgIpc) is 3.17. The van der Waals surface area contributed by atoms with Crippen molar-refractivity contribution >= 4 is 15.9 Å². The van der Waals surface area contributed by atoms with Gasteiger partial charge in [-0.1, -0.05) is 26.7 Å². The van der Waals surface area contributed by atoms with E-state index >= 15 is 0 Å². The summed E-state index contributed by atoms with van der Waals surface area (Å²) in [6.07, 6.45) is 5.07. The fourth-order valence-electron chi connectivity index (χ4n) is 3.43. The SMILES string of the molecule is CCC(CC)(CN)NC(=O)c1ccc(OC)c(S(=O)(=O)NC2CCCC2)c1. The smallest absolute Gasteiger partial charge is 0.251 e. The Morgan fingerprint density at radius 3 is 2.41 bits per heavy atom. The van der Waals surface area contributed by atoms with Crippen LogP contribution in [-0.4, -0.2) is 39.6 Å². The van der Waals surface area contributed by atoms with E-state index in [-0.39, 0.29) is 28.2 Å². The lowest BCUT2D eigenvalue weighted by molar-refractivity contribution is 0.0895. The van der Waals surface area contributed by atoms with Crippen LogP contribution >= 0.6 is 0 Å². The van der Waals surface area contributed by atoms with E-state index in [9.17, 15) is 13.2 Å². The van der Waals surface area contributed by atoms with Crippen molar-refractivity contribution in [3.05, 3.63) is 23.8 Å². The van der Waals surface area contributed by atoms with Crippen LogP contribution in [0.3, 0.4) is 0 Å². The highest BCUT2D eigenvalue weighted by Crippen LogP contribution is 2.27. The van der Waals surface area contributed by atoms with E-state index in [1.165, 1.54) is 19.2 Å². The van der Waals surface area contributed by atoms with Crippen LogP contribution in [0.25, 0.3) is 0 Å². The Morgan fingerprint density at radius 2 is 1.89 bits per heavy atom. The first kappa shape index (κ1) is 21.7. The number of carbonyl (C=O) groups is 1. The molecule has 0 unspecified atom stereocenters. The molecule has 152 valence electrons. The van der Waals surface area contributed by atoms with Gasteiger partial charge in [0.05, 0.1) is 12.6 Å². The number of amides is 1. The molecule has 0 radical (unpaired) electrons. The molecule has 0 aromatic heterocycles. The number of ether oxygens (including phenoxy) is 1. The van der Waals surface area contributed by atoms with Crippen molar-refractivity contribution in [3.8, 4) is 5.75 Å². The fraction of sp³-hybridized carbons (Fsp3) is 0.632. The summed E-state index contributed by atoms with van der Waals surface area (Å²) in [4.78, 5) is 12.7. The van der Waals surface area contributed by atoms with Crippen molar-refractivity contribution in [2.75, 3.05) is 13.7 Å². The summed E-state index contributed by atoms with van der Waals surface area (Å²) in [6, 6.07) is 4.38. The molecule has 1 aromatic rings. The second-order valence-electron chi connectivity index (χ2n) is 7.11. The summed E-state index contributed by atoms with van der Waals surface area (Å²) >= 11 is 0. The van der Waals surface area contributed by atoms with Crippen molar-refractivity contribution in [2.45, 2.75) is 68.8 Å². The number of nitrogens with two attached hydrogens (primary N) is 1. The Labute approximate surface area is 162 Å². The largest absolute Gasteiger partial charge is 0.495 e. The number of nitrogens with one attached hydrogen (secondary N) is 2. The van der Waals surface area contributed by atoms with E-state index < -0.39 is 15.6 Å². The lowest BCUT2D eigenvalue weighted by Crippen LogP contribution is -2.52. The Bertz CT molecular complexity index is 746. The first-order chi connectivity index (χ1) is 12.8. The molecule has 27 heavy (non-hydrogen) atoms. The number of rotatable bonds is 9. The number of methoxy groups -OCH3 is 1. The zero-order valence-electron chi connectivity index (χ0n) is 16.4. The summed E-state index contributed by atoms with van der Waals surface area (Å²) < 4.78 is 33.7. The van der Waals surface area contributed by atoms with E-state index in [1.807, 2.05) is 13.8 Å². The van der Waals surface area contributed by atoms with Crippen molar-refractivity contribution in [1.29, 1.82) is 0 Å².